The topological polar surface area (TPSA) is 0 Å². The van der Waals surface area contributed by atoms with E-state index in [-0.39, 0.29) is 0 Å². The van der Waals surface area contributed by atoms with Crippen molar-refractivity contribution < 1.29 is 0 Å². The summed E-state index contributed by atoms with van der Waals surface area (Å²) >= 11 is 4.15. The molecule has 0 aliphatic rings. The molecule has 2 heteroatoms. The Morgan fingerprint density at radius 2 is 0.957 bits per heavy atom. The van der Waals surface area contributed by atoms with Gasteiger partial charge in [0.05, 0.1) is 0 Å². The molecule has 0 saturated heterocycles. The van der Waals surface area contributed by atoms with Gasteiger partial charge >= 0.3 is 0 Å². The fourth-order valence-corrected chi connectivity index (χ4v) is 7.45. The fraction of sp³-hybridized carbons (Fsp3) is 0.143. The lowest BCUT2D eigenvalue weighted by molar-refractivity contribution is 1.40. The molecule has 118 valence electrons. The minimum Gasteiger partial charge on any atom is -0.0683 e. The minimum absolute atomic E-state index is 1.03. The van der Waals surface area contributed by atoms with Crippen molar-refractivity contribution in [3.8, 4) is 0 Å². The Bertz CT molecular complexity index is 641. The first-order valence-corrected chi connectivity index (χ1v) is 12.0. The SMILES string of the molecule is Br[P+](Cc1ccccc1)(c1ccccc1)c1ccccc1.CC. The molecule has 0 aliphatic carbocycles. The summed E-state index contributed by atoms with van der Waals surface area (Å²) in [5.41, 5.74) is 1.37. The number of hydrogen-bond donors (Lipinski definition) is 0. The van der Waals surface area contributed by atoms with E-state index >= 15 is 0 Å². The van der Waals surface area contributed by atoms with Crippen LogP contribution in [-0.2, 0) is 6.16 Å². The van der Waals surface area contributed by atoms with Crippen LogP contribution in [0.3, 0.4) is 0 Å². The maximum absolute atomic E-state index is 4.15. The van der Waals surface area contributed by atoms with Gasteiger partial charge in [-0.15, -0.1) is 0 Å². The Kier molecular flexibility index (Phi) is 7.02. The Hall–Kier alpha value is -1.43. The van der Waals surface area contributed by atoms with Crippen LogP contribution in [0.2, 0.25) is 0 Å². The van der Waals surface area contributed by atoms with Gasteiger partial charge < -0.3 is 0 Å². The van der Waals surface area contributed by atoms with Crippen LogP contribution in [0.25, 0.3) is 0 Å². The average Bonchev–Trinajstić information content (AvgIpc) is 2.65. The summed E-state index contributed by atoms with van der Waals surface area (Å²) in [4.78, 5) is 0. The van der Waals surface area contributed by atoms with Crippen LogP contribution in [0.15, 0.2) is 91.0 Å². The molecule has 0 aliphatic heterocycles. The smallest absolute Gasteiger partial charge is 0.0683 e. The predicted molar refractivity (Wildman–Crippen MR) is 109 cm³/mol. The molecule has 0 fully saturated rings. The number of hydrogen-bond acceptors (Lipinski definition) is 0. The summed E-state index contributed by atoms with van der Waals surface area (Å²) in [6.45, 7) is 4.00. The van der Waals surface area contributed by atoms with Crippen molar-refractivity contribution in [2.45, 2.75) is 20.0 Å². The van der Waals surface area contributed by atoms with Crippen LogP contribution in [0.5, 0.6) is 0 Å². The average molecular weight is 386 g/mol. The molecule has 0 saturated carbocycles. The molecule has 0 spiro atoms. The first-order valence-electron chi connectivity index (χ1n) is 8.02. The molecule has 0 aromatic heterocycles. The van der Waals surface area contributed by atoms with Gasteiger partial charge in [0.25, 0.3) is 0 Å². The molecular formula is C21H23BrP+. The first kappa shape index (κ1) is 17.9. The van der Waals surface area contributed by atoms with E-state index in [1.54, 1.807) is 0 Å². The molecule has 0 N–H and O–H groups in total. The van der Waals surface area contributed by atoms with Crippen molar-refractivity contribution in [1.82, 2.24) is 0 Å². The summed E-state index contributed by atoms with van der Waals surface area (Å²) in [6, 6.07) is 32.3. The molecule has 0 bridgehead atoms. The van der Waals surface area contributed by atoms with E-state index in [9.17, 15) is 0 Å². The van der Waals surface area contributed by atoms with Crippen LogP contribution in [-0.4, -0.2) is 0 Å². The van der Waals surface area contributed by atoms with Crippen molar-refractivity contribution in [3.05, 3.63) is 96.6 Å². The summed E-state index contributed by atoms with van der Waals surface area (Å²) in [6.07, 6.45) is 1.03. The highest BCUT2D eigenvalue weighted by Gasteiger charge is 2.40. The highest BCUT2D eigenvalue weighted by atomic mass is 79.9. The van der Waals surface area contributed by atoms with Gasteiger partial charge in [-0.2, -0.15) is 0 Å². The highest BCUT2D eigenvalue weighted by Crippen LogP contribution is 2.66. The molecule has 0 heterocycles. The van der Waals surface area contributed by atoms with Crippen LogP contribution < -0.4 is 10.6 Å². The summed E-state index contributed by atoms with van der Waals surface area (Å²) in [5, 5.41) is 2.78. The van der Waals surface area contributed by atoms with E-state index in [0.29, 0.717) is 0 Å². The lowest BCUT2D eigenvalue weighted by Gasteiger charge is -2.20. The number of benzene rings is 3. The lowest BCUT2D eigenvalue weighted by Crippen LogP contribution is -2.19. The van der Waals surface area contributed by atoms with Crippen molar-refractivity contribution in [2.24, 2.45) is 0 Å². The number of halogens is 1. The molecule has 0 radical (unpaired) electrons. The Labute approximate surface area is 148 Å². The molecule has 0 atom stereocenters. The maximum atomic E-state index is 4.15. The Morgan fingerprint density at radius 3 is 1.35 bits per heavy atom. The van der Waals surface area contributed by atoms with Crippen LogP contribution >= 0.6 is 21.5 Å². The molecule has 3 aromatic rings. The summed E-state index contributed by atoms with van der Waals surface area (Å²) < 4.78 is 0. The second-order valence-corrected chi connectivity index (χ2v) is 11.4. The van der Waals surface area contributed by atoms with Crippen LogP contribution in [0.1, 0.15) is 19.4 Å². The highest BCUT2D eigenvalue weighted by molar-refractivity contribution is 9.43. The Morgan fingerprint density at radius 1 is 0.609 bits per heavy atom. The number of rotatable bonds is 4. The van der Waals surface area contributed by atoms with Crippen LogP contribution in [0, 0.1) is 0 Å². The third-order valence-electron chi connectivity index (χ3n) is 3.57. The van der Waals surface area contributed by atoms with Gasteiger partial charge in [0.1, 0.15) is 16.8 Å². The van der Waals surface area contributed by atoms with Crippen molar-refractivity contribution in [3.63, 3.8) is 0 Å². The zero-order chi connectivity index (χ0) is 16.5. The van der Waals surface area contributed by atoms with Gasteiger partial charge in [-0.3, -0.25) is 0 Å². The van der Waals surface area contributed by atoms with E-state index in [4.69, 9.17) is 0 Å². The quantitative estimate of drug-likeness (QED) is 0.469. The zero-order valence-electron chi connectivity index (χ0n) is 13.7. The van der Waals surface area contributed by atoms with Crippen molar-refractivity contribution in [1.29, 1.82) is 0 Å². The second-order valence-electron chi connectivity index (χ2n) is 5.03. The minimum atomic E-state index is -1.58. The molecular weight excluding hydrogens is 363 g/mol. The first-order chi connectivity index (χ1) is 11.3. The van der Waals surface area contributed by atoms with Gasteiger partial charge in [0.15, 0.2) is 21.5 Å². The largest absolute Gasteiger partial charge is 0.153 e. The predicted octanol–water partition coefficient (Wildman–Crippen LogP) is 6.19. The Balaban J connectivity index is 0.000000924. The maximum Gasteiger partial charge on any atom is 0.153 e. The van der Waals surface area contributed by atoms with E-state index < -0.39 is 5.96 Å². The third kappa shape index (κ3) is 4.53. The molecule has 0 amide bonds. The molecule has 0 nitrogen and oxygen atoms in total. The van der Waals surface area contributed by atoms with E-state index in [2.05, 4.69) is 106 Å². The van der Waals surface area contributed by atoms with Gasteiger partial charge in [-0.05, 0) is 29.8 Å². The van der Waals surface area contributed by atoms with Crippen LogP contribution in [0.4, 0.5) is 0 Å². The molecule has 23 heavy (non-hydrogen) atoms. The monoisotopic (exact) mass is 385 g/mol. The van der Waals surface area contributed by atoms with E-state index in [0.717, 1.165) is 6.16 Å². The molecule has 0 unspecified atom stereocenters. The standard InChI is InChI=1S/C19H17BrP.C2H6/c20-21(18-12-6-2-7-13-18,19-14-8-3-9-15-19)16-17-10-4-1-5-11-17;1-2/h1-15H,16H2;1-2H3/q+1;. The third-order valence-corrected chi connectivity index (χ3v) is 9.82. The zero-order valence-corrected chi connectivity index (χ0v) is 16.2. The second kappa shape index (κ2) is 9.01. The van der Waals surface area contributed by atoms with Crippen molar-refractivity contribution >= 4 is 32.1 Å². The van der Waals surface area contributed by atoms with Gasteiger partial charge in [-0.25, -0.2) is 0 Å². The summed E-state index contributed by atoms with van der Waals surface area (Å²) in [5.74, 6) is -1.58. The van der Waals surface area contributed by atoms with E-state index in [1.165, 1.54) is 16.2 Å². The van der Waals surface area contributed by atoms with Gasteiger partial charge in [0.2, 0.25) is 0 Å². The molecule has 3 rings (SSSR count). The van der Waals surface area contributed by atoms with Crippen molar-refractivity contribution in [2.75, 3.05) is 0 Å². The lowest BCUT2D eigenvalue weighted by atomic mass is 10.2. The van der Waals surface area contributed by atoms with E-state index in [1.807, 2.05) is 13.8 Å². The molecule has 3 aromatic carbocycles. The fourth-order valence-electron chi connectivity index (χ4n) is 2.50. The van der Waals surface area contributed by atoms with Gasteiger partial charge in [-0.1, -0.05) is 80.6 Å². The summed E-state index contributed by atoms with van der Waals surface area (Å²) in [7, 11) is 0. The normalized spacial score (nSPS) is 10.6. The van der Waals surface area contributed by atoms with Gasteiger partial charge in [0, 0.05) is 0 Å².